The van der Waals surface area contributed by atoms with Gasteiger partial charge in [0.15, 0.2) is 0 Å². The Labute approximate surface area is 74.4 Å². The number of ether oxygens (including phenoxy) is 1. The SMILES string of the molecule is [CH2]c1cccc(OCCCC)c1. The molecule has 0 N–H and O–H groups in total. The van der Waals surface area contributed by atoms with E-state index < -0.39 is 0 Å². The fourth-order valence-electron chi connectivity index (χ4n) is 0.970. The van der Waals surface area contributed by atoms with Crippen LogP contribution in [-0.4, -0.2) is 6.61 Å². The number of hydrogen-bond donors (Lipinski definition) is 0. The average Bonchev–Trinajstić information content (AvgIpc) is 2.05. The molecule has 0 aliphatic rings. The van der Waals surface area contributed by atoms with Crippen LogP contribution < -0.4 is 4.74 Å². The van der Waals surface area contributed by atoms with Crippen LogP contribution in [0.1, 0.15) is 25.3 Å². The van der Waals surface area contributed by atoms with Gasteiger partial charge in [0.25, 0.3) is 0 Å². The van der Waals surface area contributed by atoms with E-state index >= 15 is 0 Å². The Morgan fingerprint density at radius 3 is 2.92 bits per heavy atom. The molecule has 0 bridgehead atoms. The number of benzene rings is 1. The van der Waals surface area contributed by atoms with Crippen LogP contribution in [0.2, 0.25) is 0 Å². The standard InChI is InChI=1S/C11H15O/c1-3-4-8-12-11-7-5-6-10(2)9-11/h5-7,9H,2-4,8H2,1H3. The van der Waals surface area contributed by atoms with Gasteiger partial charge >= 0.3 is 0 Å². The highest BCUT2D eigenvalue weighted by molar-refractivity contribution is 5.29. The van der Waals surface area contributed by atoms with Gasteiger partial charge < -0.3 is 4.74 Å². The minimum atomic E-state index is 0.806. The zero-order chi connectivity index (χ0) is 8.81. The van der Waals surface area contributed by atoms with Crippen LogP contribution in [0, 0.1) is 6.92 Å². The van der Waals surface area contributed by atoms with E-state index in [9.17, 15) is 0 Å². The maximum absolute atomic E-state index is 5.49. The van der Waals surface area contributed by atoms with Crippen LogP contribution in [0.25, 0.3) is 0 Å². The van der Waals surface area contributed by atoms with Gasteiger partial charge in [-0.25, -0.2) is 0 Å². The molecule has 0 saturated heterocycles. The van der Waals surface area contributed by atoms with Crippen molar-refractivity contribution in [2.75, 3.05) is 6.61 Å². The summed E-state index contributed by atoms with van der Waals surface area (Å²) in [5, 5.41) is 0. The number of unbranched alkanes of at least 4 members (excludes halogenated alkanes) is 1. The molecule has 0 saturated carbocycles. The quantitative estimate of drug-likeness (QED) is 0.620. The molecule has 65 valence electrons. The topological polar surface area (TPSA) is 9.23 Å². The van der Waals surface area contributed by atoms with E-state index in [1.807, 2.05) is 24.3 Å². The Hall–Kier alpha value is -0.980. The van der Waals surface area contributed by atoms with Crippen molar-refractivity contribution in [2.24, 2.45) is 0 Å². The Kier molecular flexibility index (Phi) is 3.65. The van der Waals surface area contributed by atoms with E-state index in [-0.39, 0.29) is 0 Å². The lowest BCUT2D eigenvalue weighted by atomic mass is 10.2. The third-order valence-electron chi connectivity index (χ3n) is 1.67. The maximum Gasteiger partial charge on any atom is 0.119 e. The van der Waals surface area contributed by atoms with E-state index in [0.29, 0.717) is 0 Å². The third-order valence-corrected chi connectivity index (χ3v) is 1.67. The van der Waals surface area contributed by atoms with Crippen LogP contribution in [0.3, 0.4) is 0 Å². The highest BCUT2D eigenvalue weighted by atomic mass is 16.5. The van der Waals surface area contributed by atoms with Gasteiger partial charge in [0.05, 0.1) is 6.61 Å². The van der Waals surface area contributed by atoms with Crippen molar-refractivity contribution >= 4 is 0 Å². The summed E-state index contributed by atoms with van der Waals surface area (Å²) in [6, 6.07) is 7.84. The molecule has 1 rings (SSSR count). The summed E-state index contributed by atoms with van der Waals surface area (Å²) in [6.45, 7) is 6.79. The monoisotopic (exact) mass is 163 g/mol. The smallest absolute Gasteiger partial charge is 0.119 e. The van der Waals surface area contributed by atoms with Gasteiger partial charge in [0.2, 0.25) is 0 Å². The summed E-state index contributed by atoms with van der Waals surface area (Å²) in [7, 11) is 0. The molecule has 1 aromatic carbocycles. The molecule has 0 spiro atoms. The van der Waals surface area contributed by atoms with Gasteiger partial charge in [-0.3, -0.25) is 0 Å². The molecule has 0 amide bonds. The van der Waals surface area contributed by atoms with Crippen molar-refractivity contribution in [3.05, 3.63) is 36.8 Å². The molecule has 1 radical (unpaired) electrons. The summed E-state index contributed by atoms with van der Waals surface area (Å²) in [5.74, 6) is 0.927. The zero-order valence-electron chi connectivity index (χ0n) is 7.55. The van der Waals surface area contributed by atoms with Crippen molar-refractivity contribution in [3.8, 4) is 5.75 Å². The van der Waals surface area contributed by atoms with E-state index in [1.54, 1.807) is 0 Å². The lowest BCUT2D eigenvalue weighted by Gasteiger charge is -2.04. The number of hydrogen-bond acceptors (Lipinski definition) is 1. The maximum atomic E-state index is 5.49. The highest BCUT2D eigenvalue weighted by Crippen LogP contribution is 2.12. The second-order valence-corrected chi connectivity index (χ2v) is 2.85. The minimum absolute atomic E-state index is 0.806. The first kappa shape index (κ1) is 9.11. The Balaban J connectivity index is 2.41. The molecule has 0 unspecified atom stereocenters. The van der Waals surface area contributed by atoms with Crippen molar-refractivity contribution in [1.82, 2.24) is 0 Å². The molecule has 0 aliphatic carbocycles. The van der Waals surface area contributed by atoms with E-state index in [4.69, 9.17) is 4.74 Å². The molecular formula is C11H15O. The summed E-state index contributed by atoms with van der Waals surface area (Å²) in [6.07, 6.45) is 2.28. The van der Waals surface area contributed by atoms with Gasteiger partial charge in [-0.1, -0.05) is 25.5 Å². The average molecular weight is 163 g/mol. The molecule has 1 aromatic rings. The van der Waals surface area contributed by atoms with Crippen LogP contribution in [-0.2, 0) is 0 Å². The van der Waals surface area contributed by atoms with Crippen LogP contribution in [0.5, 0.6) is 5.75 Å². The van der Waals surface area contributed by atoms with Gasteiger partial charge in [-0.15, -0.1) is 0 Å². The summed E-state index contributed by atoms with van der Waals surface area (Å²) in [4.78, 5) is 0. The molecule has 12 heavy (non-hydrogen) atoms. The fraction of sp³-hybridized carbons (Fsp3) is 0.364. The fourth-order valence-corrected chi connectivity index (χ4v) is 0.970. The summed E-state index contributed by atoms with van der Waals surface area (Å²) >= 11 is 0. The van der Waals surface area contributed by atoms with Gasteiger partial charge in [-0.2, -0.15) is 0 Å². The highest BCUT2D eigenvalue weighted by Gasteiger charge is 1.91. The minimum Gasteiger partial charge on any atom is -0.494 e. The second kappa shape index (κ2) is 4.81. The van der Waals surface area contributed by atoms with Crippen molar-refractivity contribution in [2.45, 2.75) is 19.8 Å². The van der Waals surface area contributed by atoms with Crippen LogP contribution in [0.15, 0.2) is 24.3 Å². The van der Waals surface area contributed by atoms with Crippen molar-refractivity contribution in [1.29, 1.82) is 0 Å². The molecule has 1 nitrogen and oxygen atoms in total. The lowest BCUT2D eigenvalue weighted by molar-refractivity contribution is 0.309. The molecule has 1 heteroatoms. The van der Waals surface area contributed by atoms with Gasteiger partial charge in [0, 0.05) is 0 Å². The van der Waals surface area contributed by atoms with Crippen LogP contribution >= 0.6 is 0 Å². The molecule has 0 atom stereocenters. The van der Waals surface area contributed by atoms with Gasteiger partial charge in [0.1, 0.15) is 5.75 Å². The zero-order valence-corrected chi connectivity index (χ0v) is 7.55. The third kappa shape index (κ3) is 2.95. The first-order valence-electron chi connectivity index (χ1n) is 4.37. The molecule has 0 aliphatic heterocycles. The van der Waals surface area contributed by atoms with Gasteiger partial charge in [-0.05, 0) is 31.0 Å². The largest absolute Gasteiger partial charge is 0.494 e. The summed E-state index contributed by atoms with van der Waals surface area (Å²) < 4.78 is 5.49. The Bertz CT molecular complexity index is 230. The van der Waals surface area contributed by atoms with E-state index in [1.165, 1.54) is 6.42 Å². The molecule has 0 heterocycles. The first-order valence-corrected chi connectivity index (χ1v) is 4.37. The number of rotatable bonds is 4. The molecular weight excluding hydrogens is 148 g/mol. The van der Waals surface area contributed by atoms with E-state index in [0.717, 1.165) is 24.3 Å². The Morgan fingerprint density at radius 2 is 2.25 bits per heavy atom. The summed E-state index contributed by atoms with van der Waals surface area (Å²) in [5.41, 5.74) is 1.00. The Morgan fingerprint density at radius 1 is 1.42 bits per heavy atom. The van der Waals surface area contributed by atoms with Crippen molar-refractivity contribution in [3.63, 3.8) is 0 Å². The van der Waals surface area contributed by atoms with E-state index in [2.05, 4.69) is 13.8 Å². The first-order chi connectivity index (χ1) is 5.83. The normalized spacial score (nSPS) is 9.83. The predicted octanol–water partition coefficient (Wildman–Crippen LogP) is 3.05. The molecule has 0 aromatic heterocycles. The van der Waals surface area contributed by atoms with Crippen LogP contribution in [0.4, 0.5) is 0 Å². The van der Waals surface area contributed by atoms with Crippen molar-refractivity contribution < 1.29 is 4.74 Å². The molecule has 0 fully saturated rings. The predicted molar refractivity (Wildman–Crippen MR) is 51.3 cm³/mol. The second-order valence-electron chi connectivity index (χ2n) is 2.85. The lowest BCUT2D eigenvalue weighted by Crippen LogP contribution is -1.96.